The molecule has 1 fully saturated rings. The van der Waals surface area contributed by atoms with E-state index < -0.39 is 0 Å². The normalized spacial score (nSPS) is 24.6. The molecule has 2 heterocycles. The third-order valence-corrected chi connectivity index (χ3v) is 3.96. The summed E-state index contributed by atoms with van der Waals surface area (Å²) in [5, 5.41) is 0.542. The lowest BCUT2D eigenvalue weighted by Crippen LogP contribution is -2.42. The molecule has 0 N–H and O–H groups in total. The highest BCUT2D eigenvalue weighted by molar-refractivity contribution is 6.29. The van der Waals surface area contributed by atoms with E-state index in [1.807, 2.05) is 6.07 Å². The third-order valence-electron chi connectivity index (χ3n) is 3.76. The first-order chi connectivity index (χ1) is 8.77. The van der Waals surface area contributed by atoms with Gasteiger partial charge in [0.1, 0.15) is 16.8 Å². The molecule has 2 unspecified atom stereocenters. The van der Waals surface area contributed by atoms with Crippen LogP contribution in [0, 0.1) is 5.92 Å². The Hall–Kier alpha value is -0.830. The van der Waals surface area contributed by atoms with Crippen LogP contribution in [0.15, 0.2) is 6.07 Å². The van der Waals surface area contributed by atoms with Gasteiger partial charge in [-0.1, -0.05) is 39.3 Å². The van der Waals surface area contributed by atoms with Crippen LogP contribution < -0.4 is 4.90 Å². The lowest BCUT2D eigenvalue weighted by molar-refractivity contribution is 0.387. The average Bonchev–Trinajstić information content (AvgIpc) is 2.30. The number of hydrogen-bond donors (Lipinski definition) is 0. The van der Waals surface area contributed by atoms with Crippen LogP contribution in [0.4, 0.5) is 5.82 Å². The first-order valence-electron chi connectivity index (χ1n) is 7.09. The molecule has 1 aromatic heterocycles. The van der Waals surface area contributed by atoms with Crippen molar-refractivity contribution in [1.82, 2.24) is 9.97 Å². The van der Waals surface area contributed by atoms with Crippen molar-refractivity contribution in [2.24, 2.45) is 5.92 Å². The fraction of sp³-hybridized carbons (Fsp3) is 0.733. The van der Waals surface area contributed by atoms with Crippen molar-refractivity contribution in [3.05, 3.63) is 17.0 Å². The molecule has 1 aliphatic heterocycles. The maximum absolute atomic E-state index is 6.18. The van der Waals surface area contributed by atoms with Crippen LogP contribution in [0.2, 0.25) is 5.15 Å². The minimum atomic E-state index is -0.0791. The van der Waals surface area contributed by atoms with Gasteiger partial charge in [-0.25, -0.2) is 9.97 Å². The molecule has 19 heavy (non-hydrogen) atoms. The van der Waals surface area contributed by atoms with Gasteiger partial charge in [0.15, 0.2) is 0 Å². The fourth-order valence-corrected chi connectivity index (χ4v) is 2.67. The van der Waals surface area contributed by atoms with Gasteiger partial charge in [-0.15, -0.1) is 0 Å². The van der Waals surface area contributed by atoms with Gasteiger partial charge in [-0.2, -0.15) is 0 Å². The number of nitrogens with zero attached hydrogens (tertiary/aromatic N) is 3. The number of anilines is 1. The number of hydrogen-bond acceptors (Lipinski definition) is 3. The summed E-state index contributed by atoms with van der Waals surface area (Å²) in [4.78, 5) is 11.5. The smallest absolute Gasteiger partial charge is 0.137 e. The molecule has 2 atom stereocenters. The largest absolute Gasteiger partial charge is 0.353 e. The summed E-state index contributed by atoms with van der Waals surface area (Å²) >= 11 is 6.18. The minimum Gasteiger partial charge on any atom is -0.353 e. The van der Waals surface area contributed by atoms with Crippen LogP contribution in [0.25, 0.3) is 0 Å². The molecule has 0 amide bonds. The summed E-state index contributed by atoms with van der Waals surface area (Å²) in [6, 6.07) is 2.42. The Morgan fingerprint density at radius 3 is 2.53 bits per heavy atom. The summed E-state index contributed by atoms with van der Waals surface area (Å²) in [6.07, 6.45) is 2.51. The molecule has 2 rings (SSSR count). The number of halogens is 1. The number of rotatable bonds is 1. The second-order valence-corrected chi connectivity index (χ2v) is 7.19. The van der Waals surface area contributed by atoms with Gasteiger partial charge in [0.25, 0.3) is 0 Å². The van der Waals surface area contributed by atoms with Crippen molar-refractivity contribution in [2.45, 2.75) is 58.9 Å². The molecule has 0 aliphatic carbocycles. The lowest BCUT2D eigenvalue weighted by atomic mass is 9.94. The Morgan fingerprint density at radius 2 is 1.89 bits per heavy atom. The van der Waals surface area contributed by atoms with Crippen molar-refractivity contribution < 1.29 is 0 Å². The highest BCUT2D eigenvalue weighted by Crippen LogP contribution is 2.29. The van der Waals surface area contributed by atoms with E-state index in [9.17, 15) is 0 Å². The van der Waals surface area contributed by atoms with E-state index >= 15 is 0 Å². The molecular formula is C15H24ClN3. The van der Waals surface area contributed by atoms with Gasteiger partial charge in [0.05, 0.1) is 0 Å². The van der Waals surface area contributed by atoms with E-state index in [4.69, 9.17) is 16.6 Å². The van der Waals surface area contributed by atoms with Gasteiger partial charge in [-0.05, 0) is 25.7 Å². The first-order valence-corrected chi connectivity index (χ1v) is 7.47. The van der Waals surface area contributed by atoms with E-state index in [1.165, 1.54) is 12.8 Å². The van der Waals surface area contributed by atoms with Crippen molar-refractivity contribution in [2.75, 3.05) is 11.4 Å². The van der Waals surface area contributed by atoms with Crippen molar-refractivity contribution in [3.8, 4) is 0 Å². The topological polar surface area (TPSA) is 29.0 Å². The second-order valence-electron chi connectivity index (χ2n) is 6.81. The summed E-state index contributed by atoms with van der Waals surface area (Å²) in [5.74, 6) is 2.51. The van der Waals surface area contributed by atoms with E-state index in [0.717, 1.165) is 18.2 Å². The Bertz CT molecular complexity index is 453. The summed E-state index contributed by atoms with van der Waals surface area (Å²) in [7, 11) is 0. The van der Waals surface area contributed by atoms with Crippen molar-refractivity contribution >= 4 is 17.4 Å². The number of piperidine rings is 1. The minimum absolute atomic E-state index is 0.0791. The van der Waals surface area contributed by atoms with E-state index in [0.29, 0.717) is 17.1 Å². The molecule has 3 nitrogen and oxygen atoms in total. The van der Waals surface area contributed by atoms with E-state index in [2.05, 4.69) is 44.5 Å². The Kier molecular flexibility index (Phi) is 4.05. The molecule has 0 aromatic carbocycles. The number of aromatic nitrogens is 2. The molecule has 4 heteroatoms. The maximum Gasteiger partial charge on any atom is 0.137 e. The second kappa shape index (κ2) is 5.28. The zero-order chi connectivity index (χ0) is 14.2. The Morgan fingerprint density at radius 1 is 1.21 bits per heavy atom. The third kappa shape index (κ3) is 3.38. The van der Waals surface area contributed by atoms with Crippen LogP contribution in [-0.2, 0) is 5.41 Å². The molecule has 1 saturated heterocycles. The van der Waals surface area contributed by atoms with Crippen molar-refractivity contribution in [3.63, 3.8) is 0 Å². The molecule has 106 valence electrons. The zero-order valence-corrected chi connectivity index (χ0v) is 13.3. The predicted octanol–water partition coefficient (Wildman–Crippen LogP) is 4.05. The molecule has 0 radical (unpaired) electrons. The van der Waals surface area contributed by atoms with Gasteiger partial charge in [-0.3, -0.25) is 0 Å². The van der Waals surface area contributed by atoms with Crippen LogP contribution in [-0.4, -0.2) is 22.6 Å². The quantitative estimate of drug-likeness (QED) is 0.727. The average molecular weight is 282 g/mol. The van der Waals surface area contributed by atoms with E-state index in [1.54, 1.807) is 0 Å². The molecule has 1 aromatic rings. The van der Waals surface area contributed by atoms with Crippen LogP contribution >= 0.6 is 11.6 Å². The maximum atomic E-state index is 6.18. The molecule has 0 spiro atoms. The molecular weight excluding hydrogens is 258 g/mol. The summed E-state index contributed by atoms with van der Waals surface area (Å²) < 4.78 is 0. The SMILES string of the molecule is CC1CCC(C)N(c2cc(Cl)nc(C(C)(C)C)n2)C1. The van der Waals surface area contributed by atoms with Gasteiger partial charge < -0.3 is 4.90 Å². The van der Waals surface area contributed by atoms with Crippen molar-refractivity contribution in [1.29, 1.82) is 0 Å². The Labute approximate surface area is 121 Å². The van der Waals surface area contributed by atoms with Crippen LogP contribution in [0.3, 0.4) is 0 Å². The molecule has 0 saturated carbocycles. The van der Waals surface area contributed by atoms with Gasteiger partial charge in [0.2, 0.25) is 0 Å². The highest BCUT2D eigenvalue weighted by Gasteiger charge is 2.26. The lowest BCUT2D eigenvalue weighted by Gasteiger charge is -2.38. The highest BCUT2D eigenvalue weighted by atomic mass is 35.5. The predicted molar refractivity (Wildman–Crippen MR) is 80.9 cm³/mol. The molecule has 0 bridgehead atoms. The van der Waals surface area contributed by atoms with Gasteiger partial charge in [0, 0.05) is 24.1 Å². The zero-order valence-electron chi connectivity index (χ0n) is 12.6. The first kappa shape index (κ1) is 14.6. The summed E-state index contributed by atoms with van der Waals surface area (Å²) in [6.45, 7) is 12.0. The standard InChI is InChI=1S/C15H24ClN3/c1-10-6-7-11(2)19(9-10)13-8-12(16)17-14(18-13)15(3,4)5/h8,10-11H,6-7,9H2,1-5H3. The van der Waals surface area contributed by atoms with Crippen LogP contribution in [0.1, 0.15) is 53.3 Å². The fourth-order valence-electron chi connectivity index (χ4n) is 2.50. The Balaban J connectivity index is 2.36. The van der Waals surface area contributed by atoms with Gasteiger partial charge >= 0.3 is 0 Å². The monoisotopic (exact) mass is 281 g/mol. The molecule has 1 aliphatic rings. The summed E-state index contributed by atoms with van der Waals surface area (Å²) in [5.41, 5.74) is -0.0791. The van der Waals surface area contributed by atoms with Crippen LogP contribution in [0.5, 0.6) is 0 Å². The van der Waals surface area contributed by atoms with E-state index in [-0.39, 0.29) is 5.41 Å².